The maximum Gasteiger partial charge on any atom is 0.244 e. The fraction of sp³-hybridized carbons (Fsp3) is 0.222. The summed E-state index contributed by atoms with van der Waals surface area (Å²) in [4.78, 5) is 24.0. The molecular formula is C18H17FN2O2. The van der Waals surface area contributed by atoms with Gasteiger partial charge in [-0.3, -0.25) is 9.59 Å². The van der Waals surface area contributed by atoms with E-state index in [4.69, 9.17) is 5.73 Å². The van der Waals surface area contributed by atoms with E-state index >= 15 is 0 Å². The molecule has 2 aromatic carbocycles. The van der Waals surface area contributed by atoms with E-state index in [1.165, 1.54) is 12.1 Å². The van der Waals surface area contributed by atoms with Crippen LogP contribution in [0.5, 0.6) is 0 Å². The number of primary amides is 1. The first-order valence-electron chi connectivity index (χ1n) is 7.46. The number of carbonyl (C=O) groups is 2. The molecule has 0 radical (unpaired) electrons. The standard InChI is InChI=1S/C18H17FN2O2/c19-13-8-6-11(7-9-13)14-10-15(14)18(23)21-16(17(20)22)12-4-2-1-3-5-12/h1-9,14-16H,10H2,(H2,20,22)(H,21,23)/t14-,15+,16+/m0/s1. The van der Waals surface area contributed by atoms with E-state index in [2.05, 4.69) is 5.32 Å². The lowest BCUT2D eigenvalue weighted by Crippen LogP contribution is -2.38. The average Bonchev–Trinajstić information content (AvgIpc) is 3.34. The quantitative estimate of drug-likeness (QED) is 0.889. The molecule has 1 saturated carbocycles. The van der Waals surface area contributed by atoms with Crippen LogP contribution in [0.4, 0.5) is 4.39 Å². The Hall–Kier alpha value is -2.69. The van der Waals surface area contributed by atoms with E-state index in [1.54, 1.807) is 36.4 Å². The first kappa shape index (κ1) is 15.2. The summed E-state index contributed by atoms with van der Waals surface area (Å²) >= 11 is 0. The molecule has 4 nitrogen and oxygen atoms in total. The topological polar surface area (TPSA) is 72.2 Å². The third kappa shape index (κ3) is 3.39. The molecule has 0 aromatic heterocycles. The third-order valence-electron chi connectivity index (χ3n) is 4.13. The van der Waals surface area contributed by atoms with Gasteiger partial charge in [-0.1, -0.05) is 42.5 Å². The minimum absolute atomic E-state index is 0.0694. The molecule has 1 aliphatic carbocycles. The Labute approximate surface area is 133 Å². The highest BCUT2D eigenvalue weighted by Gasteiger charge is 2.44. The van der Waals surface area contributed by atoms with Crippen molar-refractivity contribution in [3.05, 3.63) is 71.5 Å². The minimum atomic E-state index is -0.835. The molecule has 2 aromatic rings. The zero-order valence-electron chi connectivity index (χ0n) is 12.4. The zero-order valence-corrected chi connectivity index (χ0v) is 12.4. The van der Waals surface area contributed by atoms with Crippen LogP contribution in [0.3, 0.4) is 0 Å². The first-order valence-corrected chi connectivity index (χ1v) is 7.46. The summed E-state index contributed by atoms with van der Waals surface area (Å²) in [6, 6.07) is 14.2. The Kier molecular flexibility index (Phi) is 4.10. The highest BCUT2D eigenvalue weighted by molar-refractivity contribution is 5.90. The molecule has 2 amide bonds. The molecule has 0 saturated heterocycles. The molecule has 0 spiro atoms. The monoisotopic (exact) mass is 312 g/mol. The Morgan fingerprint density at radius 2 is 1.74 bits per heavy atom. The molecule has 3 atom stereocenters. The molecule has 1 aliphatic rings. The van der Waals surface area contributed by atoms with Crippen molar-refractivity contribution >= 4 is 11.8 Å². The van der Waals surface area contributed by atoms with Gasteiger partial charge in [0.15, 0.2) is 0 Å². The van der Waals surface area contributed by atoms with E-state index < -0.39 is 11.9 Å². The number of hydrogen-bond acceptors (Lipinski definition) is 2. The molecule has 118 valence electrons. The Morgan fingerprint density at radius 1 is 1.09 bits per heavy atom. The maximum absolute atomic E-state index is 12.9. The Balaban J connectivity index is 1.67. The SMILES string of the molecule is NC(=O)[C@H](NC(=O)[C@@H]1C[C@H]1c1ccc(F)cc1)c1ccccc1. The van der Waals surface area contributed by atoms with Gasteiger partial charge in [0.05, 0.1) is 0 Å². The molecular weight excluding hydrogens is 295 g/mol. The van der Waals surface area contributed by atoms with Crippen molar-refractivity contribution in [1.82, 2.24) is 5.32 Å². The smallest absolute Gasteiger partial charge is 0.244 e. The normalized spacial score (nSPS) is 20.6. The first-order chi connectivity index (χ1) is 11.1. The van der Waals surface area contributed by atoms with E-state index in [1.807, 2.05) is 6.07 Å². The lowest BCUT2D eigenvalue weighted by Gasteiger charge is -2.16. The molecule has 0 heterocycles. The van der Waals surface area contributed by atoms with Crippen LogP contribution < -0.4 is 11.1 Å². The average molecular weight is 312 g/mol. The number of halogens is 1. The Morgan fingerprint density at radius 3 is 2.35 bits per heavy atom. The highest BCUT2D eigenvalue weighted by Crippen LogP contribution is 2.47. The van der Waals surface area contributed by atoms with Gasteiger partial charge in [0.25, 0.3) is 0 Å². The van der Waals surface area contributed by atoms with Gasteiger partial charge in [0.2, 0.25) is 11.8 Å². The van der Waals surface area contributed by atoms with Crippen molar-refractivity contribution in [2.45, 2.75) is 18.4 Å². The summed E-state index contributed by atoms with van der Waals surface area (Å²) in [7, 11) is 0. The summed E-state index contributed by atoms with van der Waals surface area (Å²) < 4.78 is 12.9. The van der Waals surface area contributed by atoms with Crippen LogP contribution in [0.25, 0.3) is 0 Å². The number of benzene rings is 2. The molecule has 0 unspecified atom stereocenters. The number of rotatable bonds is 5. The van der Waals surface area contributed by atoms with E-state index in [0.717, 1.165) is 5.56 Å². The molecule has 23 heavy (non-hydrogen) atoms. The number of amides is 2. The second-order valence-electron chi connectivity index (χ2n) is 5.75. The molecule has 3 rings (SSSR count). The van der Waals surface area contributed by atoms with Crippen LogP contribution in [0.15, 0.2) is 54.6 Å². The molecule has 1 fully saturated rings. The van der Waals surface area contributed by atoms with Crippen LogP contribution in [0, 0.1) is 11.7 Å². The fourth-order valence-electron chi connectivity index (χ4n) is 2.78. The number of nitrogens with two attached hydrogens (primary N) is 1. The summed E-state index contributed by atoms with van der Waals surface area (Å²) in [6.45, 7) is 0. The van der Waals surface area contributed by atoms with Crippen molar-refractivity contribution < 1.29 is 14.0 Å². The number of nitrogens with one attached hydrogen (secondary N) is 1. The van der Waals surface area contributed by atoms with Crippen LogP contribution in [0.2, 0.25) is 0 Å². The van der Waals surface area contributed by atoms with Crippen molar-refractivity contribution in [1.29, 1.82) is 0 Å². The molecule has 5 heteroatoms. The van der Waals surface area contributed by atoms with E-state index in [0.29, 0.717) is 12.0 Å². The lowest BCUT2D eigenvalue weighted by molar-refractivity contribution is -0.128. The summed E-state index contributed by atoms with van der Waals surface area (Å²) in [5.41, 5.74) is 7.00. The van der Waals surface area contributed by atoms with Gasteiger partial charge in [0, 0.05) is 5.92 Å². The van der Waals surface area contributed by atoms with Gasteiger partial charge in [-0.25, -0.2) is 4.39 Å². The second-order valence-corrected chi connectivity index (χ2v) is 5.75. The van der Waals surface area contributed by atoms with Gasteiger partial charge in [0.1, 0.15) is 11.9 Å². The summed E-state index contributed by atoms with van der Waals surface area (Å²) in [5, 5.41) is 2.72. The maximum atomic E-state index is 12.9. The largest absolute Gasteiger partial charge is 0.368 e. The summed E-state index contributed by atoms with van der Waals surface area (Å²) in [5.74, 6) is -1.23. The van der Waals surface area contributed by atoms with Gasteiger partial charge in [-0.15, -0.1) is 0 Å². The zero-order chi connectivity index (χ0) is 16.4. The van der Waals surface area contributed by atoms with Crippen molar-refractivity contribution in [3.63, 3.8) is 0 Å². The molecule has 3 N–H and O–H groups in total. The number of hydrogen-bond donors (Lipinski definition) is 2. The highest BCUT2D eigenvalue weighted by atomic mass is 19.1. The van der Waals surface area contributed by atoms with Crippen molar-refractivity contribution in [3.8, 4) is 0 Å². The van der Waals surface area contributed by atoms with Gasteiger partial charge >= 0.3 is 0 Å². The molecule has 0 bridgehead atoms. The predicted octanol–water partition coefficient (Wildman–Crippen LogP) is 2.27. The number of carbonyl (C=O) groups excluding carboxylic acids is 2. The van der Waals surface area contributed by atoms with Crippen molar-refractivity contribution in [2.24, 2.45) is 11.7 Å². The molecule has 0 aliphatic heterocycles. The van der Waals surface area contributed by atoms with Crippen molar-refractivity contribution in [2.75, 3.05) is 0 Å². The summed E-state index contributed by atoms with van der Waals surface area (Å²) in [6.07, 6.45) is 0.692. The second kappa shape index (κ2) is 6.20. The van der Waals surface area contributed by atoms with E-state index in [-0.39, 0.29) is 23.6 Å². The lowest BCUT2D eigenvalue weighted by atomic mass is 10.1. The van der Waals surface area contributed by atoms with Gasteiger partial charge < -0.3 is 11.1 Å². The van der Waals surface area contributed by atoms with Crippen LogP contribution in [-0.4, -0.2) is 11.8 Å². The van der Waals surface area contributed by atoms with Crippen LogP contribution >= 0.6 is 0 Å². The minimum Gasteiger partial charge on any atom is -0.368 e. The predicted molar refractivity (Wildman–Crippen MR) is 83.8 cm³/mol. The Bertz CT molecular complexity index is 716. The third-order valence-corrected chi connectivity index (χ3v) is 4.13. The van der Waals surface area contributed by atoms with Gasteiger partial charge in [-0.05, 0) is 35.6 Å². The van der Waals surface area contributed by atoms with E-state index in [9.17, 15) is 14.0 Å². The van der Waals surface area contributed by atoms with Gasteiger partial charge in [-0.2, -0.15) is 0 Å². The van der Waals surface area contributed by atoms with Crippen LogP contribution in [0.1, 0.15) is 29.5 Å². The van der Waals surface area contributed by atoms with Crippen LogP contribution in [-0.2, 0) is 9.59 Å². The fourth-order valence-corrected chi connectivity index (χ4v) is 2.78.